The monoisotopic (exact) mass is 351 g/mol. The zero-order chi connectivity index (χ0) is 18.2. The van der Waals surface area contributed by atoms with Crippen molar-refractivity contribution in [2.24, 2.45) is 10.7 Å². The van der Waals surface area contributed by atoms with Crippen molar-refractivity contribution in [3.05, 3.63) is 17.0 Å². The highest BCUT2D eigenvalue weighted by Gasteiger charge is 2.23. The molecule has 1 aromatic heterocycles. The molecule has 2 rings (SSSR count). The molecule has 0 saturated carbocycles. The van der Waals surface area contributed by atoms with Crippen LogP contribution < -0.4 is 11.1 Å². The number of aromatic nitrogens is 1. The van der Waals surface area contributed by atoms with E-state index in [2.05, 4.69) is 15.5 Å². The first kappa shape index (κ1) is 19.1. The number of likely N-dealkylation sites (tertiary alicyclic amines) is 1. The van der Waals surface area contributed by atoms with Gasteiger partial charge in [0.05, 0.1) is 18.8 Å². The molecule has 0 aliphatic carbocycles. The first-order chi connectivity index (χ1) is 12.1. The molecule has 140 valence electrons. The predicted molar refractivity (Wildman–Crippen MR) is 95.3 cm³/mol. The van der Waals surface area contributed by atoms with E-state index in [1.54, 1.807) is 4.90 Å². The lowest BCUT2D eigenvalue weighted by molar-refractivity contribution is 0.0963. The number of aryl methyl sites for hydroxylation is 2. The van der Waals surface area contributed by atoms with Crippen molar-refractivity contribution < 1.29 is 14.1 Å². The van der Waals surface area contributed by atoms with Crippen LogP contribution in [0.3, 0.4) is 0 Å². The topological polar surface area (TPSA) is 106 Å². The number of nitrogens with zero attached hydrogens (tertiary/aromatic N) is 3. The van der Waals surface area contributed by atoms with Gasteiger partial charge in [-0.3, -0.25) is 0 Å². The fourth-order valence-electron chi connectivity index (χ4n) is 2.96. The molecule has 1 aliphatic rings. The number of nitrogens with two attached hydrogens (primary N) is 1. The Morgan fingerprint density at radius 2 is 2.08 bits per heavy atom. The third kappa shape index (κ3) is 5.11. The van der Waals surface area contributed by atoms with Gasteiger partial charge in [0.1, 0.15) is 5.76 Å². The van der Waals surface area contributed by atoms with Crippen LogP contribution in [0.2, 0.25) is 0 Å². The van der Waals surface area contributed by atoms with E-state index in [0.29, 0.717) is 32.2 Å². The van der Waals surface area contributed by atoms with Crippen LogP contribution in [0, 0.1) is 0 Å². The van der Waals surface area contributed by atoms with Gasteiger partial charge in [-0.25, -0.2) is 9.79 Å². The van der Waals surface area contributed by atoms with Gasteiger partial charge in [0.25, 0.3) is 0 Å². The molecular formula is C17H29N5O3. The molecule has 1 amide bonds. The van der Waals surface area contributed by atoms with Crippen LogP contribution in [-0.2, 0) is 24.1 Å². The molecule has 0 atom stereocenters. The fourth-order valence-corrected chi connectivity index (χ4v) is 2.96. The summed E-state index contributed by atoms with van der Waals surface area (Å²) in [5.41, 5.74) is 8.00. The Morgan fingerprint density at radius 3 is 2.68 bits per heavy atom. The normalized spacial score (nSPS) is 16.1. The molecule has 0 aromatic carbocycles. The first-order valence-electron chi connectivity index (χ1n) is 9.03. The maximum atomic E-state index is 11.7. The Morgan fingerprint density at radius 1 is 1.36 bits per heavy atom. The van der Waals surface area contributed by atoms with Crippen LogP contribution >= 0.6 is 0 Å². The van der Waals surface area contributed by atoms with Gasteiger partial charge in [0.2, 0.25) is 0 Å². The van der Waals surface area contributed by atoms with E-state index < -0.39 is 0 Å². The Balaban J connectivity index is 1.84. The molecule has 2 heterocycles. The van der Waals surface area contributed by atoms with E-state index in [4.69, 9.17) is 15.0 Å². The van der Waals surface area contributed by atoms with Gasteiger partial charge < -0.3 is 25.2 Å². The molecule has 1 aromatic rings. The van der Waals surface area contributed by atoms with E-state index >= 15 is 0 Å². The number of amides is 1. The highest BCUT2D eigenvalue weighted by molar-refractivity contribution is 5.78. The molecular weight excluding hydrogens is 322 g/mol. The molecule has 3 N–H and O–H groups in total. The highest BCUT2D eigenvalue weighted by Crippen LogP contribution is 2.17. The van der Waals surface area contributed by atoms with Crippen molar-refractivity contribution in [1.29, 1.82) is 0 Å². The molecule has 1 saturated heterocycles. The number of rotatable bonds is 6. The number of hydrogen-bond donors (Lipinski definition) is 2. The summed E-state index contributed by atoms with van der Waals surface area (Å²) in [6.07, 6.45) is 3.01. The summed E-state index contributed by atoms with van der Waals surface area (Å²) in [5.74, 6) is 1.29. The lowest BCUT2D eigenvalue weighted by Crippen LogP contribution is -2.48. The summed E-state index contributed by atoms with van der Waals surface area (Å²) in [6, 6.07) is 0.216. The van der Waals surface area contributed by atoms with E-state index in [9.17, 15) is 4.79 Å². The molecule has 1 fully saturated rings. The number of piperidine rings is 1. The Labute approximate surface area is 148 Å². The SMILES string of the molecule is CCOC(=O)N1CCC(NC(N)=NCc2c(CC)noc2CC)CC1. The molecule has 0 radical (unpaired) electrons. The summed E-state index contributed by atoms with van der Waals surface area (Å²) < 4.78 is 10.4. The van der Waals surface area contributed by atoms with Crippen LogP contribution in [0.15, 0.2) is 9.52 Å². The molecule has 8 nitrogen and oxygen atoms in total. The summed E-state index contributed by atoms with van der Waals surface area (Å²) >= 11 is 0. The van der Waals surface area contributed by atoms with Crippen molar-refractivity contribution in [2.45, 2.75) is 59.0 Å². The van der Waals surface area contributed by atoms with Gasteiger partial charge in [-0.2, -0.15) is 0 Å². The van der Waals surface area contributed by atoms with Crippen molar-refractivity contribution >= 4 is 12.1 Å². The molecule has 0 unspecified atom stereocenters. The minimum absolute atomic E-state index is 0.216. The van der Waals surface area contributed by atoms with E-state index in [1.807, 2.05) is 20.8 Å². The van der Waals surface area contributed by atoms with Crippen molar-refractivity contribution in [3.8, 4) is 0 Å². The summed E-state index contributed by atoms with van der Waals surface area (Å²) in [7, 11) is 0. The molecule has 25 heavy (non-hydrogen) atoms. The van der Waals surface area contributed by atoms with Gasteiger partial charge in [-0.15, -0.1) is 0 Å². The number of carbonyl (C=O) groups excluding carboxylic acids is 1. The summed E-state index contributed by atoms with van der Waals surface area (Å²) in [4.78, 5) is 17.9. The van der Waals surface area contributed by atoms with Crippen molar-refractivity contribution in [3.63, 3.8) is 0 Å². The molecule has 8 heteroatoms. The van der Waals surface area contributed by atoms with Crippen LogP contribution in [0.4, 0.5) is 4.79 Å². The van der Waals surface area contributed by atoms with E-state index in [0.717, 1.165) is 42.7 Å². The van der Waals surface area contributed by atoms with Crippen molar-refractivity contribution in [2.75, 3.05) is 19.7 Å². The Kier molecular flexibility index (Phi) is 7.09. The van der Waals surface area contributed by atoms with Gasteiger partial charge in [0, 0.05) is 31.1 Å². The number of ether oxygens (including phenoxy) is 1. The Bertz CT molecular complexity index is 570. The average Bonchev–Trinajstić information content (AvgIpc) is 3.02. The van der Waals surface area contributed by atoms with Gasteiger partial charge in [0.15, 0.2) is 5.96 Å². The zero-order valence-corrected chi connectivity index (χ0v) is 15.4. The number of nitrogens with one attached hydrogen (secondary N) is 1. The van der Waals surface area contributed by atoms with E-state index in [1.165, 1.54) is 0 Å². The number of hydrogen-bond acceptors (Lipinski definition) is 5. The quantitative estimate of drug-likeness (QED) is 0.598. The summed E-state index contributed by atoms with van der Waals surface area (Å²) in [6.45, 7) is 8.09. The molecule has 0 spiro atoms. The average molecular weight is 351 g/mol. The van der Waals surface area contributed by atoms with Gasteiger partial charge in [-0.1, -0.05) is 19.0 Å². The van der Waals surface area contributed by atoms with E-state index in [-0.39, 0.29) is 12.1 Å². The lowest BCUT2D eigenvalue weighted by Gasteiger charge is -2.31. The molecule has 1 aliphatic heterocycles. The zero-order valence-electron chi connectivity index (χ0n) is 15.4. The predicted octanol–water partition coefficient (Wildman–Crippen LogP) is 1.82. The third-order valence-electron chi connectivity index (χ3n) is 4.39. The van der Waals surface area contributed by atoms with Crippen LogP contribution in [-0.4, -0.2) is 47.8 Å². The standard InChI is InChI=1S/C17H29N5O3/c1-4-14-13(15(5-2)25-21-14)11-19-16(18)20-12-7-9-22(10-8-12)17(23)24-6-3/h12H,4-11H2,1-3H3,(H3,18,19,20). The minimum atomic E-state index is -0.241. The third-order valence-corrected chi connectivity index (χ3v) is 4.39. The first-order valence-corrected chi connectivity index (χ1v) is 9.03. The fraction of sp³-hybridized carbons (Fsp3) is 0.706. The Hall–Kier alpha value is -2.25. The number of guanidine groups is 1. The lowest BCUT2D eigenvalue weighted by atomic mass is 10.1. The number of carbonyl (C=O) groups is 1. The van der Waals surface area contributed by atoms with Crippen LogP contribution in [0.1, 0.15) is 50.6 Å². The minimum Gasteiger partial charge on any atom is -0.450 e. The maximum Gasteiger partial charge on any atom is 0.409 e. The smallest absolute Gasteiger partial charge is 0.409 e. The maximum absolute atomic E-state index is 11.7. The van der Waals surface area contributed by atoms with Crippen LogP contribution in [0.25, 0.3) is 0 Å². The van der Waals surface area contributed by atoms with Gasteiger partial charge in [-0.05, 0) is 26.2 Å². The highest BCUT2D eigenvalue weighted by atomic mass is 16.6. The van der Waals surface area contributed by atoms with Gasteiger partial charge >= 0.3 is 6.09 Å². The second kappa shape index (κ2) is 9.29. The largest absolute Gasteiger partial charge is 0.450 e. The molecule has 0 bridgehead atoms. The second-order valence-electron chi connectivity index (χ2n) is 6.04. The summed E-state index contributed by atoms with van der Waals surface area (Å²) in [5, 5.41) is 7.33. The van der Waals surface area contributed by atoms with Crippen LogP contribution in [0.5, 0.6) is 0 Å². The van der Waals surface area contributed by atoms with Crippen molar-refractivity contribution in [1.82, 2.24) is 15.4 Å². The number of aliphatic imine (C=N–C) groups is 1. The second-order valence-corrected chi connectivity index (χ2v) is 6.04.